The molecule has 1 aliphatic rings. The van der Waals surface area contributed by atoms with Crippen molar-refractivity contribution in [3.8, 4) is 5.75 Å². The van der Waals surface area contributed by atoms with E-state index in [0.29, 0.717) is 15.2 Å². The third-order valence-electron chi connectivity index (χ3n) is 5.24. The van der Waals surface area contributed by atoms with Crippen LogP contribution in [-0.2, 0) is 6.61 Å². The molecule has 1 atom stereocenters. The largest absolute Gasteiger partial charge is 0.488 e. The first kappa shape index (κ1) is 19.0. The monoisotopic (exact) mass is 389 g/mol. The van der Waals surface area contributed by atoms with Crippen LogP contribution in [0.4, 0.5) is 5.69 Å². The zero-order valence-electron chi connectivity index (χ0n) is 16.5. The van der Waals surface area contributed by atoms with E-state index in [-0.39, 0.29) is 0 Å². The Morgan fingerprint density at radius 1 is 0.821 bits per heavy atom. The molecular formula is C25H28NOP. The highest BCUT2D eigenvalue weighted by Gasteiger charge is 2.15. The zero-order chi connectivity index (χ0) is 19.2. The smallest absolute Gasteiger partial charge is 0.127 e. The average Bonchev–Trinajstić information content (AvgIpc) is 2.75. The summed E-state index contributed by atoms with van der Waals surface area (Å²) in [6.07, 6.45) is 3.96. The molecule has 0 saturated carbocycles. The normalized spacial score (nSPS) is 14.5. The molecule has 0 amide bonds. The number of hydrogen-bond donors (Lipinski definition) is 0. The van der Waals surface area contributed by atoms with E-state index < -0.39 is 0 Å². The van der Waals surface area contributed by atoms with Gasteiger partial charge in [0.1, 0.15) is 12.4 Å². The minimum Gasteiger partial charge on any atom is -0.488 e. The molecule has 0 spiro atoms. The van der Waals surface area contributed by atoms with Crippen LogP contribution in [0.25, 0.3) is 0 Å². The fourth-order valence-electron chi connectivity index (χ4n) is 3.74. The summed E-state index contributed by atoms with van der Waals surface area (Å²) in [7, 11) is 0.596. The molecule has 2 nitrogen and oxygen atoms in total. The van der Waals surface area contributed by atoms with Crippen molar-refractivity contribution in [2.45, 2.75) is 32.8 Å². The predicted molar refractivity (Wildman–Crippen MR) is 122 cm³/mol. The van der Waals surface area contributed by atoms with E-state index in [1.807, 2.05) is 6.07 Å². The van der Waals surface area contributed by atoms with Gasteiger partial charge in [-0.1, -0.05) is 68.7 Å². The Morgan fingerprint density at radius 3 is 2.39 bits per heavy atom. The van der Waals surface area contributed by atoms with E-state index in [1.54, 1.807) is 0 Å². The van der Waals surface area contributed by atoms with E-state index in [2.05, 4.69) is 78.6 Å². The fraction of sp³-hybridized carbons (Fsp3) is 0.280. The molecule has 0 aliphatic carbocycles. The second kappa shape index (κ2) is 9.26. The van der Waals surface area contributed by atoms with Gasteiger partial charge in [0.25, 0.3) is 0 Å². The number of nitrogens with zero attached hydrogens (tertiary/aromatic N) is 1. The van der Waals surface area contributed by atoms with Crippen LogP contribution < -0.4 is 20.2 Å². The first-order chi connectivity index (χ1) is 13.8. The van der Waals surface area contributed by atoms with Crippen LogP contribution in [0.1, 0.15) is 30.4 Å². The van der Waals surface area contributed by atoms with Crippen molar-refractivity contribution >= 4 is 24.9 Å². The van der Waals surface area contributed by atoms with E-state index >= 15 is 0 Å². The molecule has 1 unspecified atom stereocenters. The first-order valence-electron chi connectivity index (χ1n) is 10.2. The molecule has 1 saturated heterocycles. The highest BCUT2D eigenvalue weighted by Crippen LogP contribution is 2.27. The Morgan fingerprint density at radius 2 is 1.57 bits per heavy atom. The summed E-state index contributed by atoms with van der Waals surface area (Å²) in [4.78, 5) is 2.56. The Hall–Kier alpha value is -2.31. The molecule has 1 fully saturated rings. The second-order valence-corrected chi connectivity index (χ2v) is 8.79. The summed E-state index contributed by atoms with van der Waals surface area (Å²) in [5, 5.41) is 2.71. The Kier molecular flexibility index (Phi) is 6.29. The molecule has 28 heavy (non-hydrogen) atoms. The zero-order valence-corrected chi connectivity index (χ0v) is 17.5. The summed E-state index contributed by atoms with van der Waals surface area (Å²) >= 11 is 0. The molecule has 4 rings (SSSR count). The number of para-hydroxylation sites is 1. The van der Waals surface area contributed by atoms with E-state index in [9.17, 15) is 0 Å². The van der Waals surface area contributed by atoms with Crippen molar-refractivity contribution in [1.29, 1.82) is 0 Å². The molecular weight excluding hydrogens is 361 g/mol. The van der Waals surface area contributed by atoms with Crippen molar-refractivity contribution < 1.29 is 4.74 Å². The van der Waals surface area contributed by atoms with E-state index in [4.69, 9.17) is 4.74 Å². The van der Waals surface area contributed by atoms with Gasteiger partial charge in [0, 0.05) is 29.4 Å². The van der Waals surface area contributed by atoms with Crippen LogP contribution in [0.2, 0.25) is 0 Å². The lowest BCUT2D eigenvalue weighted by Crippen LogP contribution is -2.32. The summed E-state index contributed by atoms with van der Waals surface area (Å²) in [6.45, 7) is 5.11. The molecule has 3 aromatic rings. The predicted octanol–water partition coefficient (Wildman–Crippen LogP) is 5.19. The molecule has 144 valence electrons. The average molecular weight is 389 g/mol. The summed E-state index contributed by atoms with van der Waals surface area (Å²) in [5.74, 6) is 1.00. The van der Waals surface area contributed by atoms with Gasteiger partial charge in [-0.15, -0.1) is 0 Å². The van der Waals surface area contributed by atoms with Gasteiger partial charge in [-0.05, 0) is 49.9 Å². The highest BCUT2D eigenvalue weighted by molar-refractivity contribution is 7.56. The van der Waals surface area contributed by atoms with Crippen LogP contribution >= 0.6 is 8.58 Å². The number of aryl methyl sites for hydroxylation is 1. The molecule has 3 aromatic carbocycles. The van der Waals surface area contributed by atoms with Crippen molar-refractivity contribution in [3.63, 3.8) is 0 Å². The molecule has 1 aliphatic heterocycles. The van der Waals surface area contributed by atoms with Crippen LogP contribution in [-0.4, -0.2) is 13.1 Å². The summed E-state index contributed by atoms with van der Waals surface area (Å²) < 4.78 is 6.23. The lowest BCUT2D eigenvalue weighted by Gasteiger charge is -2.30. The highest BCUT2D eigenvalue weighted by atomic mass is 31.1. The molecule has 1 heterocycles. The number of benzene rings is 3. The maximum atomic E-state index is 6.23. The van der Waals surface area contributed by atoms with Gasteiger partial charge in [0.15, 0.2) is 0 Å². The second-order valence-electron chi connectivity index (χ2n) is 7.46. The third-order valence-corrected chi connectivity index (χ3v) is 6.59. The molecule has 0 radical (unpaired) electrons. The molecule has 0 N–H and O–H groups in total. The van der Waals surface area contributed by atoms with Gasteiger partial charge >= 0.3 is 0 Å². The van der Waals surface area contributed by atoms with Crippen molar-refractivity contribution in [3.05, 3.63) is 83.9 Å². The van der Waals surface area contributed by atoms with Crippen LogP contribution in [0.15, 0.2) is 72.8 Å². The van der Waals surface area contributed by atoms with Gasteiger partial charge < -0.3 is 9.64 Å². The Labute approximate surface area is 170 Å². The minimum absolute atomic E-state index is 0.596. The van der Waals surface area contributed by atoms with Gasteiger partial charge in [-0.3, -0.25) is 0 Å². The molecule has 3 heteroatoms. The SMILES string of the molecule is Cc1ccc(OCc2ccccc2)c(Pc2ccccc2N2CCCCC2)c1. The Bertz CT molecular complexity index is 903. The number of rotatable bonds is 6. The number of hydrogen-bond acceptors (Lipinski definition) is 2. The number of piperidine rings is 1. The molecule has 0 bridgehead atoms. The minimum atomic E-state index is 0.596. The van der Waals surface area contributed by atoms with Gasteiger partial charge in [0.2, 0.25) is 0 Å². The van der Waals surface area contributed by atoms with Crippen molar-refractivity contribution in [1.82, 2.24) is 0 Å². The van der Waals surface area contributed by atoms with Crippen molar-refractivity contribution in [2.75, 3.05) is 18.0 Å². The fourth-order valence-corrected chi connectivity index (χ4v) is 5.16. The topological polar surface area (TPSA) is 12.5 Å². The number of ether oxygens (including phenoxy) is 1. The van der Waals surface area contributed by atoms with Crippen LogP contribution in [0, 0.1) is 6.92 Å². The summed E-state index contributed by atoms with van der Waals surface area (Å²) in [6, 6.07) is 25.8. The maximum Gasteiger partial charge on any atom is 0.127 e. The quantitative estimate of drug-likeness (QED) is 0.538. The van der Waals surface area contributed by atoms with Gasteiger partial charge in [-0.2, -0.15) is 0 Å². The van der Waals surface area contributed by atoms with Crippen LogP contribution in [0.5, 0.6) is 5.75 Å². The third kappa shape index (κ3) is 4.75. The van der Waals surface area contributed by atoms with Crippen LogP contribution in [0.3, 0.4) is 0 Å². The lowest BCUT2D eigenvalue weighted by molar-refractivity contribution is 0.309. The van der Waals surface area contributed by atoms with Gasteiger partial charge in [0.05, 0.1) is 0 Å². The molecule has 0 aromatic heterocycles. The summed E-state index contributed by atoms with van der Waals surface area (Å²) in [5.41, 5.74) is 3.88. The standard InChI is InChI=1S/C25H28NOP/c1-20-14-15-23(27-19-21-10-4-2-5-11-21)25(18-20)28-24-13-7-6-12-22(24)26-16-8-3-9-17-26/h2,4-7,10-15,18,28H,3,8-9,16-17,19H2,1H3. The van der Waals surface area contributed by atoms with E-state index in [1.165, 1.54) is 59.8 Å². The van der Waals surface area contributed by atoms with E-state index in [0.717, 1.165) is 5.75 Å². The lowest BCUT2D eigenvalue weighted by atomic mass is 10.1. The first-order valence-corrected chi connectivity index (χ1v) is 11.2. The van der Waals surface area contributed by atoms with Gasteiger partial charge in [-0.25, -0.2) is 0 Å². The Balaban J connectivity index is 1.57. The van der Waals surface area contributed by atoms with Crippen molar-refractivity contribution in [2.24, 2.45) is 0 Å². The number of anilines is 1. The maximum absolute atomic E-state index is 6.23.